The highest BCUT2D eigenvalue weighted by Crippen LogP contribution is 2.30. The molecule has 2 heterocycles. The Balaban J connectivity index is 1.66. The SMILES string of the molecule is O=S(=O)(c1cccc(-c2nnc(-c3ccccc3Cl)o2)c1)N1CCOCC1. The Hall–Kier alpha value is -2.26. The summed E-state index contributed by atoms with van der Waals surface area (Å²) >= 11 is 6.16. The smallest absolute Gasteiger partial charge is 0.249 e. The molecule has 1 aliphatic heterocycles. The molecule has 0 radical (unpaired) electrons. The monoisotopic (exact) mass is 405 g/mol. The zero-order valence-electron chi connectivity index (χ0n) is 14.2. The normalized spacial score (nSPS) is 15.7. The molecule has 1 aliphatic rings. The van der Waals surface area contributed by atoms with Crippen molar-refractivity contribution in [2.75, 3.05) is 26.3 Å². The second-order valence-electron chi connectivity index (χ2n) is 5.94. The summed E-state index contributed by atoms with van der Waals surface area (Å²) in [5.41, 5.74) is 1.14. The lowest BCUT2D eigenvalue weighted by Gasteiger charge is -2.26. The number of ether oxygens (including phenoxy) is 1. The highest BCUT2D eigenvalue weighted by molar-refractivity contribution is 7.89. The molecule has 0 bridgehead atoms. The molecule has 140 valence electrons. The van der Waals surface area contributed by atoms with E-state index in [0.29, 0.717) is 42.5 Å². The number of sulfonamides is 1. The summed E-state index contributed by atoms with van der Waals surface area (Å²) in [7, 11) is -3.60. The molecule has 1 aromatic heterocycles. The summed E-state index contributed by atoms with van der Waals surface area (Å²) < 4.78 is 38.0. The van der Waals surface area contributed by atoms with Gasteiger partial charge in [-0.15, -0.1) is 10.2 Å². The van der Waals surface area contributed by atoms with Gasteiger partial charge >= 0.3 is 0 Å². The van der Waals surface area contributed by atoms with Crippen LogP contribution in [0.15, 0.2) is 57.8 Å². The molecule has 7 nitrogen and oxygen atoms in total. The van der Waals surface area contributed by atoms with Gasteiger partial charge in [-0.25, -0.2) is 8.42 Å². The number of hydrogen-bond acceptors (Lipinski definition) is 6. The Bertz CT molecular complexity index is 1060. The molecule has 9 heteroatoms. The highest BCUT2D eigenvalue weighted by Gasteiger charge is 2.27. The molecular weight excluding hydrogens is 390 g/mol. The third kappa shape index (κ3) is 3.61. The van der Waals surface area contributed by atoms with Crippen molar-refractivity contribution in [3.05, 3.63) is 53.6 Å². The van der Waals surface area contributed by atoms with Crippen LogP contribution in [-0.4, -0.2) is 49.2 Å². The lowest BCUT2D eigenvalue weighted by molar-refractivity contribution is 0.0730. The molecule has 0 unspecified atom stereocenters. The van der Waals surface area contributed by atoms with Crippen LogP contribution in [0, 0.1) is 0 Å². The average molecular weight is 406 g/mol. The predicted octanol–water partition coefficient (Wildman–Crippen LogP) is 3.08. The van der Waals surface area contributed by atoms with Crippen molar-refractivity contribution in [2.45, 2.75) is 4.90 Å². The van der Waals surface area contributed by atoms with Crippen LogP contribution in [-0.2, 0) is 14.8 Å². The Morgan fingerprint density at radius 2 is 1.70 bits per heavy atom. The van der Waals surface area contributed by atoms with Crippen LogP contribution < -0.4 is 0 Å². The fourth-order valence-corrected chi connectivity index (χ4v) is 4.48. The van der Waals surface area contributed by atoms with E-state index in [-0.39, 0.29) is 16.7 Å². The molecule has 2 aromatic carbocycles. The maximum Gasteiger partial charge on any atom is 0.249 e. The van der Waals surface area contributed by atoms with E-state index in [2.05, 4.69) is 10.2 Å². The van der Waals surface area contributed by atoms with Crippen LogP contribution in [0.5, 0.6) is 0 Å². The fraction of sp³-hybridized carbons (Fsp3) is 0.222. The van der Waals surface area contributed by atoms with Crippen molar-refractivity contribution in [1.29, 1.82) is 0 Å². The molecule has 3 aromatic rings. The number of aromatic nitrogens is 2. The van der Waals surface area contributed by atoms with E-state index in [9.17, 15) is 8.42 Å². The minimum absolute atomic E-state index is 0.180. The van der Waals surface area contributed by atoms with Crippen LogP contribution in [0.25, 0.3) is 22.9 Å². The van der Waals surface area contributed by atoms with Crippen molar-refractivity contribution in [2.24, 2.45) is 0 Å². The van der Waals surface area contributed by atoms with Crippen molar-refractivity contribution in [3.8, 4) is 22.9 Å². The molecule has 0 amide bonds. The standard InChI is InChI=1S/C18H16ClN3O4S/c19-16-7-2-1-6-15(16)18-21-20-17(26-18)13-4-3-5-14(12-13)27(23,24)22-8-10-25-11-9-22/h1-7,12H,8-11H2. The summed E-state index contributed by atoms with van der Waals surface area (Å²) in [6.07, 6.45) is 0. The first kappa shape index (κ1) is 18.1. The lowest BCUT2D eigenvalue weighted by atomic mass is 10.2. The van der Waals surface area contributed by atoms with Gasteiger partial charge in [-0.1, -0.05) is 29.8 Å². The van der Waals surface area contributed by atoms with Gasteiger partial charge in [-0.3, -0.25) is 0 Å². The van der Waals surface area contributed by atoms with Gasteiger partial charge in [0.1, 0.15) is 0 Å². The predicted molar refractivity (Wildman–Crippen MR) is 99.8 cm³/mol. The largest absolute Gasteiger partial charge is 0.416 e. The van der Waals surface area contributed by atoms with E-state index < -0.39 is 10.0 Å². The van der Waals surface area contributed by atoms with Gasteiger partial charge < -0.3 is 9.15 Å². The van der Waals surface area contributed by atoms with Crippen LogP contribution in [0.1, 0.15) is 0 Å². The lowest BCUT2D eigenvalue weighted by Crippen LogP contribution is -2.40. The van der Waals surface area contributed by atoms with Crippen molar-refractivity contribution < 1.29 is 17.6 Å². The molecule has 4 rings (SSSR count). The summed E-state index contributed by atoms with van der Waals surface area (Å²) in [6.45, 7) is 1.46. The molecule has 0 aliphatic carbocycles. The molecule has 1 saturated heterocycles. The molecule has 27 heavy (non-hydrogen) atoms. The summed E-state index contributed by atoms with van der Waals surface area (Å²) in [6, 6.07) is 13.6. The highest BCUT2D eigenvalue weighted by atomic mass is 35.5. The van der Waals surface area contributed by atoms with E-state index in [4.69, 9.17) is 20.8 Å². The van der Waals surface area contributed by atoms with E-state index in [1.165, 1.54) is 10.4 Å². The first-order valence-electron chi connectivity index (χ1n) is 8.32. The number of rotatable bonds is 4. The van der Waals surface area contributed by atoms with E-state index in [0.717, 1.165) is 0 Å². The fourth-order valence-electron chi connectivity index (χ4n) is 2.81. The summed E-state index contributed by atoms with van der Waals surface area (Å²) in [5, 5.41) is 8.56. The van der Waals surface area contributed by atoms with Crippen LogP contribution >= 0.6 is 11.6 Å². The maximum atomic E-state index is 12.8. The van der Waals surface area contributed by atoms with E-state index in [1.54, 1.807) is 30.3 Å². The number of morpholine rings is 1. The van der Waals surface area contributed by atoms with Gasteiger partial charge in [0.2, 0.25) is 21.8 Å². The van der Waals surface area contributed by atoms with Crippen molar-refractivity contribution >= 4 is 21.6 Å². The minimum Gasteiger partial charge on any atom is -0.416 e. The number of halogens is 1. The van der Waals surface area contributed by atoms with Crippen molar-refractivity contribution in [3.63, 3.8) is 0 Å². The molecule has 0 saturated carbocycles. The zero-order valence-corrected chi connectivity index (χ0v) is 15.8. The number of benzene rings is 2. The molecule has 0 spiro atoms. The van der Waals surface area contributed by atoms with Gasteiger partial charge in [-0.05, 0) is 30.3 Å². The summed E-state index contributed by atoms with van der Waals surface area (Å²) in [4.78, 5) is 0.180. The van der Waals surface area contributed by atoms with Gasteiger partial charge in [0, 0.05) is 18.7 Å². The van der Waals surface area contributed by atoms with Crippen LogP contribution in [0.4, 0.5) is 0 Å². The van der Waals surface area contributed by atoms with Gasteiger partial charge in [-0.2, -0.15) is 4.31 Å². The first-order valence-corrected chi connectivity index (χ1v) is 10.1. The Labute approximate surface area is 161 Å². The molecule has 1 fully saturated rings. The quantitative estimate of drug-likeness (QED) is 0.663. The van der Waals surface area contributed by atoms with Crippen LogP contribution in [0.3, 0.4) is 0 Å². The van der Waals surface area contributed by atoms with Gasteiger partial charge in [0.15, 0.2) is 0 Å². The summed E-state index contributed by atoms with van der Waals surface area (Å²) in [5.74, 6) is 0.501. The Kier molecular flexibility index (Phi) is 4.96. The second-order valence-corrected chi connectivity index (χ2v) is 8.28. The van der Waals surface area contributed by atoms with E-state index >= 15 is 0 Å². The van der Waals surface area contributed by atoms with Gasteiger partial charge in [0.25, 0.3) is 0 Å². The molecule has 0 atom stereocenters. The molecular formula is C18H16ClN3O4S. The number of nitrogens with zero attached hydrogens (tertiary/aromatic N) is 3. The Morgan fingerprint density at radius 1 is 0.963 bits per heavy atom. The van der Waals surface area contributed by atoms with Crippen molar-refractivity contribution in [1.82, 2.24) is 14.5 Å². The second kappa shape index (κ2) is 7.40. The van der Waals surface area contributed by atoms with Crippen LogP contribution in [0.2, 0.25) is 5.02 Å². The molecule has 0 N–H and O–H groups in total. The average Bonchev–Trinajstić information content (AvgIpc) is 3.19. The third-order valence-electron chi connectivity index (χ3n) is 4.22. The Morgan fingerprint density at radius 3 is 2.48 bits per heavy atom. The topological polar surface area (TPSA) is 85.5 Å². The maximum absolute atomic E-state index is 12.8. The van der Waals surface area contributed by atoms with E-state index in [1.807, 2.05) is 12.1 Å². The third-order valence-corrected chi connectivity index (χ3v) is 6.44. The minimum atomic E-state index is -3.60. The number of hydrogen-bond donors (Lipinski definition) is 0. The van der Waals surface area contributed by atoms with Gasteiger partial charge in [0.05, 0.1) is 28.7 Å². The first-order chi connectivity index (χ1) is 13.1. The zero-order chi connectivity index (χ0) is 18.9.